The van der Waals surface area contributed by atoms with E-state index < -0.39 is 0 Å². The summed E-state index contributed by atoms with van der Waals surface area (Å²) in [5.74, 6) is 2.28. The molecule has 1 aromatic carbocycles. The molecule has 0 saturated carbocycles. The van der Waals surface area contributed by atoms with Crippen molar-refractivity contribution in [2.45, 2.75) is 39.3 Å². The second-order valence-electron chi connectivity index (χ2n) is 8.09. The van der Waals surface area contributed by atoms with Crippen molar-refractivity contribution in [3.8, 4) is 17.0 Å². The van der Waals surface area contributed by atoms with Gasteiger partial charge in [0.05, 0.1) is 24.9 Å². The molecule has 1 atom stereocenters. The van der Waals surface area contributed by atoms with Crippen molar-refractivity contribution in [3.63, 3.8) is 0 Å². The first-order chi connectivity index (χ1) is 13.6. The number of benzene rings is 1. The van der Waals surface area contributed by atoms with Gasteiger partial charge in [-0.3, -0.25) is 9.69 Å². The number of carbonyl (C=O) groups excluding carboxylic acids is 1. The van der Waals surface area contributed by atoms with Gasteiger partial charge in [-0.1, -0.05) is 0 Å². The fourth-order valence-electron chi connectivity index (χ4n) is 4.34. The number of amides is 1. The SMILES string of the molecule is COc1ccc(-c2cnc3n2CC(C(=O)N2CCN(C(C)C)CC2)CC3)cc1. The molecule has 6 heteroatoms. The zero-order valence-corrected chi connectivity index (χ0v) is 17.1. The summed E-state index contributed by atoms with van der Waals surface area (Å²) in [6, 6.07) is 8.59. The van der Waals surface area contributed by atoms with Crippen molar-refractivity contribution in [2.75, 3.05) is 33.3 Å². The lowest BCUT2D eigenvalue weighted by atomic mass is 9.97. The molecule has 0 bridgehead atoms. The monoisotopic (exact) mass is 382 g/mol. The highest BCUT2D eigenvalue weighted by Crippen LogP contribution is 2.29. The van der Waals surface area contributed by atoms with Crippen LogP contribution in [0.4, 0.5) is 0 Å². The number of fused-ring (bicyclic) bond motifs is 1. The van der Waals surface area contributed by atoms with Crippen LogP contribution in [-0.2, 0) is 17.8 Å². The van der Waals surface area contributed by atoms with Crippen molar-refractivity contribution in [3.05, 3.63) is 36.3 Å². The van der Waals surface area contributed by atoms with Gasteiger partial charge in [0.2, 0.25) is 5.91 Å². The number of methoxy groups -OCH3 is 1. The molecule has 0 aliphatic carbocycles. The lowest BCUT2D eigenvalue weighted by molar-refractivity contribution is -0.138. The van der Waals surface area contributed by atoms with Crippen molar-refractivity contribution >= 4 is 5.91 Å². The second kappa shape index (κ2) is 7.95. The first-order valence-corrected chi connectivity index (χ1v) is 10.3. The van der Waals surface area contributed by atoms with Crippen LogP contribution in [0.2, 0.25) is 0 Å². The van der Waals surface area contributed by atoms with Gasteiger partial charge in [-0.05, 0) is 44.5 Å². The van der Waals surface area contributed by atoms with E-state index in [9.17, 15) is 4.79 Å². The molecule has 2 aliphatic rings. The van der Waals surface area contributed by atoms with Gasteiger partial charge in [0.15, 0.2) is 0 Å². The molecule has 1 aromatic heterocycles. The Labute approximate surface area is 167 Å². The summed E-state index contributed by atoms with van der Waals surface area (Å²) in [5, 5.41) is 0. The van der Waals surface area contributed by atoms with Crippen LogP contribution in [0.1, 0.15) is 26.1 Å². The predicted molar refractivity (Wildman–Crippen MR) is 109 cm³/mol. The number of piperazine rings is 1. The zero-order valence-electron chi connectivity index (χ0n) is 17.1. The second-order valence-corrected chi connectivity index (χ2v) is 8.09. The van der Waals surface area contributed by atoms with Crippen LogP contribution in [0, 0.1) is 5.92 Å². The summed E-state index contributed by atoms with van der Waals surface area (Å²) >= 11 is 0. The van der Waals surface area contributed by atoms with Gasteiger partial charge in [0.1, 0.15) is 11.6 Å². The molecule has 150 valence electrons. The topological polar surface area (TPSA) is 50.6 Å². The fraction of sp³-hybridized carbons (Fsp3) is 0.545. The van der Waals surface area contributed by atoms with Gasteiger partial charge in [-0.25, -0.2) is 4.98 Å². The zero-order chi connectivity index (χ0) is 19.7. The van der Waals surface area contributed by atoms with E-state index in [2.05, 4.69) is 45.3 Å². The third-order valence-corrected chi connectivity index (χ3v) is 6.15. The molecule has 2 aliphatic heterocycles. The largest absolute Gasteiger partial charge is 0.497 e. The minimum atomic E-state index is 0.0456. The number of aromatic nitrogens is 2. The lowest BCUT2D eigenvalue weighted by Crippen LogP contribution is -2.52. The maximum atomic E-state index is 13.1. The average molecular weight is 383 g/mol. The van der Waals surface area contributed by atoms with Gasteiger partial charge in [-0.15, -0.1) is 0 Å². The first-order valence-electron chi connectivity index (χ1n) is 10.3. The van der Waals surface area contributed by atoms with Crippen LogP contribution in [0.5, 0.6) is 5.75 Å². The predicted octanol–water partition coefficient (Wildman–Crippen LogP) is 2.67. The smallest absolute Gasteiger partial charge is 0.227 e. The third-order valence-electron chi connectivity index (χ3n) is 6.15. The average Bonchev–Trinajstić information content (AvgIpc) is 3.16. The number of aryl methyl sites for hydroxylation is 1. The van der Waals surface area contributed by atoms with Crippen LogP contribution < -0.4 is 4.74 Å². The highest BCUT2D eigenvalue weighted by Gasteiger charge is 2.32. The summed E-state index contributed by atoms with van der Waals surface area (Å²) in [6.07, 6.45) is 3.69. The van der Waals surface area contributed by atoms with Crippen molar-refractivity contribution in [1.82, 2.24) is 19.4 Å². The first kappa shape index (κ1) is 19.0. The highest BCUT2D eigenvalue weighted by molar-refractivity contribution is 5.79. The van der Waals surface area contributed by atoms with E-state index in [1.54, 1.807) is 7.11 Å². The molecular weight excluding hydrogens is 352 g/mol. The molecule has 1 amide bonds. The van der Waals surface area contributed by atoms with Crippen molar-refractivity contribution in [1.29, 1.82) is 0 Å². The van der Waals surface area contributed by atoms with E-state index in [1.165, 1.54) is 0 Å². The Morgan fingerprint density at radius 3 is 2.50 bits per heavy atom. The summed E-state index contributed by atoms with van der Waals surface area (Å²) in [4.78, 5) is 22.3. The van der Waals surface area contributed by atoms with Crippen LogP contribution in [0.15, 0.2) is 30.5 Å². The molecule has 6 nitrogen and oxygen atoms in total. The molecule has 0 spiro atoms. The number of ether oxygens (including phenoxy) is 1. The van der Waals surface area contributed by atoms with Gasteiger partial charge in [0, 0.05) is 50.7 Å². The Balaban J connectivity index is 1.47. The Kier molecular flexibility index (Phi) is 5.40. The van der Waals surface area contributed by atoms with E-state index in [4.69, 9.17) is 4.74 Å². The maximum absolute atomic E-state index is 13.1. The molecule has 0 N–H and O–H groups in total. The molecule has 3 heterocycles. The summed E-state index contributed by atoms with van der Waals surface area (Å²) in [7, 11) is 1.67. The lowest BCUT2D eigenvalue weighted by Gasteiger charge is -2.39. The molecule has 1 unspecified atom stereocenters. The number of hydrogen-bond acceptors (Lipinski definition) is 4. The number of rotatable bonds is 4. The van der Waals surface area contributed by atoms with E-state index >= 15 is 0 Å². The normalized spacial score (nSPS) is 20.3. The summed E-state index contributed by atoms with van der Waals surface area (Å²) in [5.41, 5.74) is 2.19. The van der Waals surface area contributed by atoms with Gasteiger partial charge < -0.3 is 14.2 Å². The Morgan fingerprint density at radius 1 is 1.14 bits per heavy atom. The van der Waals surface area contributed by atoms with E-state index in [1.807, 2.05) is 18.3 Å². The Morgan fingerprint density at radius 2 is 1.86 bits per heavy atom. The van der Waals surface area contributed by atoms with Gasteiger partial charge in [0.25, 0.3) is 0 Å². The Bertz CT molecular complexity index is 820. The van der Waals surface area contributed by atoms with E-state index in [0.717, 1.165) is 68.4 Å². The molecule has 28 heavy (non-hydrogen) atoms. The number of hydrogen-bond donors (Lipinski definition) is 0. The fourth-order valence-corrected chi connectivity index (χ4v) is 4.34. The van der Waals surface area contributed by atoms with Crippen LogP contribution in [0.3, 0.4) is 0 Å². The molecule has 0 radical (unpaired) electrons. The molecule has 1 fully saturated rings. The van der Waals surface area contributed by atoms with Crippen LogP contribution >= 0.6 is 0 Å². The Hall–Kier alpha value is -2.34. The minimum absolute atomic E-state index is 0.0456. The molecule has 1 saturated heterocycles. The van der Waals surface area contributed by atoms with E-state index in [0.29, 0.717) is 11.9 Å². The van der Waals surface area contributed by atoms with Crippen molar-refractivity contribution < 1.29 is 9.53 Å². The maximum Gasteiger partial charge on any atom is 0.227 e. The quantitative estimate of drug-likeness (QED) is 0.816. The van der Waals surface area contributed by atoms with Crippen LogP contribution in [-0.4, -0.2) is 64.6 Å². The molecule has 2 aromatic rings. The third kappa shape index (κ3) is 3.65. The number of imidazole rings is 1. The standard InChI is InChI=1S/C22H30N4O2/c1-16(2)24-10-12-25(13-11-24)22(27)18-6-9-21-23-14-20(26(21)15-18)17-4-7-19(28-3)8-5-17/h4-5,7-8,14,16,18H,6,9-13,15H2,1-3H3. The highest BCUT2D eigenvalue weighted by atomic mass is 16.5. The molecular formula is C22H30N4O2. The van der Waals surface area contributed by atoms with Gasteiger partial charge in [-0.2, -0.15) is 0 Å². The summed E-state index contributed by atoms with van der Waals surface area (Å²) < 4.78 is 7.50. The number of carbonyl (C=O) groups is 1. The minimum Gasteiger partial charge on any atom is -0.497 e. The van der Waals surface area contributed by atoms with Gasteiger partial charge >= 0.3 is 0 Å². The van der Waals surface area contributed by atoms with Crippen molar-refractivity contribution in [2.24, 2.45) is 5.92 Å². The summed E-state index contributed by atoms with van der Waals surface area (Å²) in [6.45, 7) is 8.80. The number of nitrogens with zero attached hydrogens (tertiary/aromatic N) is 4. The molecule has 4 rings (SSSR count). The van der Waals surface area contributed by atoms with Crippen LogP contribution in [0.25, 0.3) is 11.3 Å². The van der Waals surface area contributed by atoms with E-state index in [-0.39, 0.29) is 5.92 Å².